The standard InChI is InChI=1S/C14H15F3N3O4P/c1-3-24-25(2,23)9-10-6-7-19(18-10)11-4-5-13(20(21)22)12(8-11)14(15,16)17/h4-8H,3,9H2,1-2H3. The normalized spacial score (nSPS) is 14.3. The third-order valence-electron chi connectivity index (χ3n) is 3.24. The molecule has 0 fully saturated rings. The number of alkyl halides is 3. The average Bonchev–Trinajstić information content (AvgIpc) is 2.93. The summed E-state index contributed by atoms with van der Waals surface area (Å²) in [7, 11) is -2.89. The molecule has 0 spiro atoms. The molecule has 0 aliphatic carbocycles. The molecule has 1 unspecified atom stereocenters. The summed E-state index contributed by atoms with van der Waals surface area (Å²) in [5.74, 6) is 0. The van der Waals surface area contributed by atoms with Crippen molar-refractivity contribution in [1.29, 1.82) is 0 Å². The minimum Gasteiger partial charge on any atom is -0.329 e. The molecule has 1 aromatic heterocycles. The molecule has 0 radical (unpaired) electrons. The van der Waals surface area contributed by atoms with Crippen LogP contribution in [0.3, 0.4) is 0 Å². The fourth-order valence-corrected chi connectivity index (χ4v) is 3.65. The van der Waals surface area contributed by atoms with Gasteiger partial charge in [-0.1, -0.05) is 0 Å². The third kappa shape index (κ3) is 4.67. The van der Waals surface area contributed by atoms with E-state index in [9.17, 15) is 27.9 Å². The van der Waals surface area contributed by atoms with Gasteiger partial charge in [-0.2, -0.15) is 18.3 Å². The van der Waals surface area contributed by atoms with E-state index in [4.69, 9.17) is 4.52 Å². The molecule has 2 rings (SSSR count). The van der Waals surface area contributed by atoms with Crippen LogP contribution >= 0.6 is 7.37 Å². The first-order valence-electron chi connectivity index (χ1n) is 7.15. The highest BCUT2D eigenvalue weighted by molar-refractivity contribution is 7.57. The number of hydrogen-bond donors (Lipinski definition) is 0. The molecule has 25 heavy (non-hydrogen) atoms. The molecule has 1 heterocycles. The molecule has 0 saturated carbocycles. The molecule has 0 amide bonds. The van der Waals surface area contributed by atoms with E-state index in [1.165, 1.54) is 18.9 Å². The summed E-state index contributed by atoms with van der Waals surface area (Å²) in [6, 6.07) is 4.11. The van der Waals surface area contributed by atoms with E-state index in [2.05, 4.69) is 5.10 Å². The van der Waals surface area contributed by atoms with Gasteiger partial charge in [0.2, 0.25) is 7.37 Å². The Morgan fingerprint density at radius 1 is 1.36 bits per heavy atom. The quantitative estimate of drug-likeness (QED) is 0.427. The van der Waals surface area contributed by atoms with E-state index in [1.54, 1.807) is 6.92 Å². The largest absolute Gasteiger partial charge is 0.423 e. The van der Waals surface area contributed by atoms with Crippen LogP contribution in [0.5, 0.6) is 0 Å². The van der Waals surface area contributed by atoms with E-state index in [0.717, 1.165) is 16.8 Å². The van der Waals surface area contributed by atoms with Crippen LogP contribution < -0.4 is 0 Å². The Labute approximate surface area is 141 Å². The van der Waals surface area contributed by atoms with E-state index in [0.29, 0.717) is 11.8 Å². The third-order valence-corrected chi connectivity index (χ3v) is 4.95. The second-order valence-electron chi connectivity index (χ2n) is 5.30. The Bertz CT molecular complexity index is 835. The smallest absolute Gasteiger partial charge is 0.329 e. The average molecular weight is 377 g/mol. The molecule has 7 nitrogen and oxygen atoms in total. The first-order chi connectivity index (χ1) is 11.5. The van der Waals surface area contributed by atoms with Gasteiger partial charge in [-0.05, 0) is 25.1 Å². The van der Waals surface area contributed by atoms with Gasteiger partial charge in [0.05, 0.1) is 29.1 Å². The maximum atomic E-state index is 13.0. The minimum absolute atomic E-state index is 0.00604. The Morgan fingerprint density at radius 3 is 2.60 bits per heavy atom. The number of nitrogens with zero attached hydrogens (tertiary/aromatic N) is 3. The molecule has 1 atom stereocenters. The predicted molar refractivity (Wildman–Crippen MR) is 84.1 cm³/mol. The minimum atomic E-state index is -4.87. The van der Waals surface area contributed by atoms with E-state index >= 15 is 0 Å². The van der Waals surface area contributed by atoms with Crippen molar-refractivity contribution < 1.29 is 27.2 Å². The topological polar surface area (TPSA) is 87.3 Å². The summed E-state index contributed by atoms with van der Waals surface area (Å²) >= 11 is 0. The molecule has 0 aliphatic heterocycles. The lowest BCUT2D eigenvalue weighted by Crippen LogP contribution is -2.10. The van der Waals surface area contributed by atoms with Gasteiger partial charge in [0.25, 0.3) is 5.69 Å². The maximum Gasteiger partial charge on any atom is 0.423 e. The van der Waals surface area contributed by atoms with Crippen LogP contribution in [0.2, 0.25) is 0 Å². The number of hydrogen-bond acceptors (Lipinski definition) is 5. The molecule has 11 heteroatoms. The van der Waals surface area contributed by atoms with Gasteiger partial charge in [-0.3, -0.25) is 14.7 Å². The molecule has 2 aromatic rings. The van der Waals surface area contributed by atoms with E-state index < -0.39 is 29.7 Å². The second-order valence-corrected chi connectivity index (χ2v) is 7.90. The first kappa shape index (κ1) is 19.1. The van der Waals surface area contributed by atoms with Crippen LogP contribution in [-0.2, 0) is 21.4 Å². The van der Waals surface area contributed by atoms with Crippen molar-refractivity contribution in [2.75, 3.05) is 13.3 Å². The monoisotopic (exact) mass is 377 g/mol. The highest BCUT2D eigenvalue weighted by Gasteiger charge is 2.38. The summed E-state index contributed by atoms with van der Waals surface area (Å²) in [5.41, 5.74) is -2.00. The van der Waals surface area contributed by atoms with Crippen molar-refractivity contribution in [3.05, 3.63) is 51.8 Å². The fourth-order valence-electron chi connectivity index (χ4n) is 2.26. The molecule has 1 aromatic carbocycles. The lowest BCUT2D eigenvalue weighted by Gasteiger charge is -2.11. The zero-order chi connectivity index (χ0) is 18.8. The number of aromatic nitrogens is 2. The lowest BCUT2D eigenvalue weighted by atomic mass is 10.1. The molecule has 0 saturated heterocycles. The Hall–Kier alpha value is -2.19. The molecular weight excluding hydrogens is 362 g/mol. The zero-order valence-corrected chi connectivity index (χ0v) is 14.3. The summed E-state index contributed by atoms with van der Waals surface area (Å²) in [4.78, 5) is 9.69. The number of benzene rings is 1. The van der Waals surface area contributed by atoms with Crippen molar-refractivity contribution in [1.82, 2.24) is 9.78 Å². The van der Waals surface area contributed by atoms with Gasteiger partial charge in [0.15, 0.2) is 0 Å². The summed E-state index contributed by atoms with van der Waals surface area (Å²) in [5, 5.41) is 14.8. The van der Waals surface area contributed by atoms with Crippen LogP contribution in [-0.4, -0.2) is 28.0 Å². The summed E-state index contributed by atoms with van der Waals surface area (Å²) in [6.07, 6.45) is -3.45. The SMILES string of the molecule is CCOP(C)(=O)Cc1ccn(-c2ccc([N+](=O)[O-])c(C(F)(F)F)c2)n1. The second kappa shape index (κ2) is 6.97. The zero-order valence-electron chi connectivity index (χ0n) is 13.4. The Kier molecular flexibility index (Phi) is 5.34. The van der Waals surface area contributed by atoms with Gasteiger partial charge >= 0.3 is 6.18 Å². The van der Waals surface area contributed by atoms with Crippen molar-refractivity contribution in [2.24, 2.45) is 0 Å². The molecule has 0 N–H and O–H groups in total. The van der Waals surface area contributed by atoms with Crippen molar-refractivity contribution in [3.8, 4) is 5.69 Å². The van der Waals surface area contributed by atoms with E-state index in [-0.39, 0.29) is 18.5 Å². The maximum absolute atomic E-state index is 13.0. The van der Waals surface area contributed by atoms with Crippen LogP contribution in [0.25, 0.3) is 5.69 Å². The van der Waals surface area contributed by atoms with Gasteiger partial charge in [-0.15, -0.1) is 0 Å². The summed E-state index contributed by atoms with van der Waals surface area (Å²) < 4.78 is 57.5. The van der Waals surface area contributed by atoms with Crippen LogP contribution in [0.1, 0.15) is 18.2 Å². The lowest BCUT2D eigenvalue weighted by molar-refractivity contribution is -0.388. The Morgan fingerprint density at radius 2 is 2.04 bits per heavy atom. The van der Waals surface area contributed by atoms with Crippen molar-refractivity contribution in [2.45, 2.75) is 19.3 Å². The van der Waals surface area contributed by atoms with Crippen LogP contribution in [0, 0.1) is 10.1 Å². The van der Waals surface area contributed by atoms with Gasteiger partial charge in [-0.25, -0.2) is 4.68 Å². The number of nitro benzene ring substituents is 1. The molecule has 0 aliphatic rings. The first-order valence-corrected chi connectivity index (χ1v) is 9.41. The highest BCUT2D eigenvalue weighted by atomic mass is 31.2. The van der Waals surface area contributed by atoms with Crippen molar-refractivity contribution >= 4 is 13.1 Å². The predicted octanol–water partition coefficient (Wildman–Crippen LogP) is 4.24. The number of rotatable bonds is 6. The van der Waals surface area contributed by atoms with Crippen LogP contribution in [0.15, 0.2) is 30.5 Å². The number of halogens is 3. The van der Waals surface area contributed by atoms with E-state index in [1.807, 2.05) is 0 Å². The molecule has 136 valence electrons. The Balaban J connectivity index is 2.37. The molecule has 0 bridgehead atoms. The fraction of sp³-hybridized carbons (Fsp3) is 0.357. The van der Waals surface area contributed by atoms with Crippen molar-refractivity contribution in [3.63, 3.8) is 0 Å². The summed E-state index contributed by atoms with van der Waals surface area (Å²) in [6.45, 7) is 3.42. The van der Waals surface area contributed by atoms with Gasteiger partial charge < -0.3 is 4.52 Å². The molecular formula is C14H15F3N3O4P. The number of nitro groups is 1. The highest BCUT2D eigenvalue weighted by Crippen LogP contribution is 2.45. The van der Waals surface area contributed by atoms with Gasteiger partial charge in [0, 0.05) is 18.9 Å². The van der Waals surface area contributed by atoms with Gasteiger partial charge in [0.1, 0.15) is 5.56 Å². The van der Waals surface area contributed by atoms with Crippen LogP contribution in [0.4, 0.5) is 18.9 Å².